The number of rotatable bonds is 6. The highest BCUT2D eigenvalue weighted by atomic mass is 15.0. The Morgan fingerprint density at radius 2 is 1.71 bits per heavy atom. The van der Waals surface area contributed by atoms with Crippen molar-refractivity contribution in [1.82, 2.24) is 10.6 Å². The number of piperidine rings is 1. The van der Waals surface area contributed by atoms with Gasteiger partial charge in [-0.25, -0.2) is 0 Å². The molecule has 0 aromatic heterocycles. The monoisotopic (exact) mass is 236 g/mol. The zero-order chi connectivity index (χ0) is 11.7. The first kappa shape index (κ1) is 12.0. The Hall–Kier alpha value is -0.0800. The van der Waals surface area contributed by atoms with E-state index in [2.05, 4.69) is 17.6 Å². The molecule has 0 bridgehead atoms. The summed E-state index contributed by atoms with van der Waals surface area (Å²) < 4.78 is 0. The highest BCUT2D eigenvalue weighted by Crippen LogP contribution is 2.45. The fourth-order valence-corrected chi connectivity index (χ4v) is 3.58. The van der Waals surface area contributed by atoms with E-state index in [1.54, 1.807) is 0 Å². The van der Waals surface area contributed by atoms with E-state index in [4.69, 9.17) is 0 Å². The van der Waals surface area contributed by atoms with Crippen molar-refractivity contribution in [2.24, 2.45) is 17.3 Å². The molecule has 3 aliphatic rings. The average molecular weight is 236 g/mol. The topological polar surface area (TPSA) is 24.1 Å². The Bertz CT molecular complexity index is 238. The van der Waals surface area contributed by atoms with Gasteiger partial charge in [0, 0.05) is 12.6 Å². The minimum absolute atomic E-state index is 0.604. The SMILES string of the molecule is CCC1(CNC(C2CC2)C2CC2)CCNCC1. The minimum Gasteiger partial charge on any atom is -0.317 e. The van der Waals surface area contributed by atoms with Crippen LogP contribution in [-0.4, -0.2) is 25.7 Å². The first-order valence-corrected chi connectivity index (χ1v) is 7.77. The van der Waals surface area contributed by atoms with Crippen molar-refractivity contribution in [1.29, 1.82) is 0 Å². The molecule has 0 amide bonds. The van der Waals surface area contributed by atoms with Gasteiger partial charge in [-0.3, -0.25) is 0 Å². The number of hydrogen-bond donors (Lipinski definition) is 2. The van der Waals surface area contributed by atoms with Gasteiger partial charge in [-0.1, -0.05) is 6.92 Å². The summed E-state index contributed by atoms with van der Waals surface area (Å²) in [5.74, 6) is 2.08. The zero-order valence-corrected chi connectivity index (χ0v) is 11.3. The van der Waals surface area contributed by atoms with Crippen molar-refractivity contribution in [3.8, 4) is 0 Å². The molecular weight excluding hydrogens is 208 g/mol. The molecule has 0 spiro atoms. The van der Waals surface area contributed by atoms with Crippen LogP contribution in [0.3, 0.4) is 0 Å². The van der Waals surface area contributed by atoms with Crippen LogP contribution >= 0.6 is 0 Å². The maximum Gasteiger partial charge on any atom is 0.0124 e. The molecule has 3 rings (SSSR count). The summed E-state index contributed by atoms with van der Waals surface area (Å²) in [6.45, 7) is 6.12. The van der Waals surface area contributed by atoms with Gasteiger partial charge in [0.1, 0.15) is 0 Å². The lowest BCUT2D eigenvalue weighted by molar-refractivity contribution is 0.173. The molecule has 1 aliphatic heterocycles. The van der Waals surface area contributed by atoms with Crippen LogP contribution < -0.4 is 10.6 Å². The smallest absolute Gasteiger partial charge is 0.0124 e. The minimum atomic E-state index is 0.604. The van der Waals surface area contributed by atoms with Gasteiger partial charge in [0.2, 0.25) is 0 Å². The van der Waals surface area contributed by atoms with Crippen molar-refractivity contribution in [3.05, 3.63) is 0 Å². The van der Waals surface area contributed by atoms with Crippen molar-refractivity contribution < 1.29 is 0 Å². The summed E-state index contributed by atoms with van der Waals surface area (Å²) in [5, 5.41) is 7.48. The third-order valence-corrected chi connectivity index (χ3v) is 5.39. The Kier molecular flexibility index (Phi) is 3.45. The molecule has 0 unspecified atom stereocenters. The van der Waals surface area contributed by atoms with E-state index in [1.807, 2.05) is 0 Å². The summed E-state index contributed by atoms with van der Waals surface area (Å²) in [6, 6.07) is 0.883. The first-order chi connectivity index (χ1) is 8.33. The molecule has 2 aliphatic carbocycles. The Balaban J connectivity index is 1.53. The second-order valence-corrected chi connectivity index (χ2v) is 6.69. The summed E-state index contributed by atoms with van der Waals surface area (Å²) >= 11 is 0. The normalized spacial score (nSPS) is 28.6. The van der Waals surface area contributed by atoms with Crippen molar-refractivity contribution in [2.45, 2.75) is 57.9 Å². The van der Waals surface area contributed by atoms with Crippen LogP contribution in [0.15, 0.2) is 0 Å². The Labute approximate surface area is 106 Å². The fourth-order valence-electron chi connectivity index (χ4n) is 3.58. The van der Waals surface area contributed by atoms with Gasteiger partial charge in [0.05, 0.1) is 0 Å². The Morgan fingerprint density at radius 3 is 2.18 bits per heavy atom. The van der Waals surface area contributed by atoms with E-state index in [9.17, 15) is 0 Å². The van der Waals surface area contributed by atoms with Crippen LogP contribution in [0.5, 0.6) is 0 Å². The van der Waals surface area contributed by atoms with Crippen LogP contribution in [0, 0.1) is 17.3 Å². The fraction of sp³-hybridized carbons (Fsp3) is 1.00. The van der Waals surface area contributed by atoms with E-state index in [-0.39, 0.29) is 0 Å². The van der Waals surface area contributed by atoms with Gasteiger partial charge in [-0.2, -0.15) is 0 Å². The quantitative estimate of drug-likeness (QED) is 0.740. The van der Waals surface area contributed by atoms with Crippen LogP contribution in [0.25, 0.3) is 0 Å². The molecule has 17 heavy (non-hydrogen) atoms. The molecule has 2 N–H and O–H groups in total. The molecule has 0 atom stereocenters. The van der Waals surface area contributed by atoms with E-state index in [1.165, 1.54) is 64.6 Å². The van der Waals surface area contributed by atoms with Gasteiger partial charge in [-0.15, -0.1) is 0 Å². The second kappa shape index (κ2) is 4.89. The summed E-state index contributed by atoms with van der Waals surface area (Å²) in [5.41, 5.74) is 0.604. The van der Waals surface area contributed by atoms with Gasteiger partial charge >= 0.3 is 0 Å². The largest absolute Gasteiger partial charge is 0.317 e. The Morgan fingerprint density at radius 1 is 1.12 bits per heavy atom. The summed E-state index contributed by atoms with van der Waals surface area (Å²) in [6.07, 6.45) is 10.1. The van der Waals surface area contributed by atoms with Crippen LogP contribution in [-0.2, 0) is 0 Å². The third-order valence-electron chi connectivity index (χ3n) is 5.39. The molecule has 98 valence electrons. The maximum absolute atomic E-state index is 3.98. The van der Waals surface area contributed by atoms with Crippen molar-refractivity contribution >= 4 is 0 Å². The first-order valence-electron chi connectivity index (χ1n) is 7.77. The standard InChI is InChI=1S/C15H28N2/c1-2-15(7-9-16-10-8-15)11-17-14(12-3-4-12)13-5-6-13/h12-14,16-17H,2-11H2,1H3. The summed E-state index contributed by atoms with van der Waals surface area (Å²) in [4.78, 5) is 0. The molecule has 3 fully saturated rings. The third kappa shape index (κ3) is 2.85. The van der Waals surface area contributed by atoms with Crippen molar-refractivity contribution in [2.75, 3.05) is 19.6 Å². The van der Waals surface area contributed by atoms with Gasteiger partial charge < -0.3 is 10.6 Å². The van der Waals surface area contributed by atoms with Crippen LogP contribution in [0.2, 0.25) is 0 Å². The van der Waals surface area contributed by atoms with Crippen molar-refractivity contribution in [3.63, 3.8) is 0 Å². The maximum atomic E-state index is 3.98. The predicted octanol–water partition coefficient (Wildman–Crippen LogP) is 2.54. The van der Waals surface area contributed by atoms with E-state index < -0.39 is 0 Å². The lowest BCUT2D eigenvalue weighted by Gasteiger charge is -2.38. The molecule has 1 heterocycles. The lowest BCUT2D eigenvalue weighted by atomic mass is 9.76. The van der Waals surface area contributed by atoms with Crippen LogP contribution in [0.4, 0.5) is 0 Å². The second-order valence-electron chi connectivity index (χ2n) is 6.69. The summed E-state index contributed by atoms with van der Waals surface area (Å²) in [7, 11) is 0. The predicted molar refractivity (Wildman–Crippen MR) is 72.1 cm³/mol. The van der Waals surface area contributed by atoms with Crippen LogP contribution in [0.1, 0.15) is 51.9 Å². The molecule has 0 radical (unpaired) electrons. The molecule has 2 saturated carbocycles. The van der Waals surface area contributed by atoms with E-state index in [0.29, 0.717) is 5.41 Å². The van der Waals surface area contributed by atoms with Gasteiger partial charge in [0.25, 0.3) is 0 Å². The number of hydrogen-bond acceptors (Lipinski definition) is 2. The van der Waals surface area contributed by atoms with Gasteiger partial charge in [-0.05, 0) is 75.3 Å². The average Bonchev–Trinajstić information content (AvgIpc) is 3.24. The van der Waals surface area contributed by atoms with E-state index in [0.717, 1.165) is 17.9 Å². The molecule has 0 aromatic rings. The zero-order valence-electron chi connectivity index (χ0n) is 11.3. The molecule has 0 aromatic carbocycles. The number of nitrogens with one attached hydrogen (secondary N) is 2. The molecular formula is C15H28N2. The lowest BCUT2D eigenvalue weighted by Crippen LogP contribution is -2.46. The highest BCUT2D eigenvalue weighted by Gasteiger charge is 2.42. The van der Waals surface area contributed by atoms with Gasteiger partial charge in [0.15, 0.2) is 0 Å². The molecule has 2 nitrogen and oxygen atoms in total. The molecule has 1 saturated heterocycles. The van der Waals surface area contributed by atoms with E-state index >= 15 is 0 Å². The molecule has 2 heteroatoms. The highest BCUT2D eigenvalue weighted by molar-refractivity contribution is 4.98.